The highest BCUT2D eigenvalue weighted by Crippen LogP contribution is 2.26. The molecule has 1 heterocycles. The number of aromatic nitrogens is 2. The summed E-state index contributed by atoms with van der Waals surface area (Å²) in [6.07, 6.45) is 0. The minimum Gasteiger partial charge on any atom is -0.313 e. The molecule has 0 spiro atoms. The zero-order chi connectivity index (χ0) is 25.0. The van der Waals surface area contributed by atoms with Crippen LogP contribution in [0.5, 0.6) is 0 Å². The Labute approximate surface area is 206 Å². The van der Waals surface area contributed by atoms with Crippen LogP contribution in [0, 0.1) is 6.92 Å². The Hall–Kier alpha value is -3.32. The lowest BCUT2D eigenvalue weighted by atomic mass is 9.92. The van der Waals surface area contributed by atoms with E-state index in [1.165, 1.54) is 4.90 Å². The SMILES string of the molecule is Cc1ccc(-n2nc(C(C)(C)C)cc2NC(=O)CN(C(=O)Nc2cccc(Cl)c2)C(C)C)cc1. The molecule has 1 aromatic heterocycles. The molecule has 0 bridgehead atoms. The van der Waals surface area contributed by atoms with Crippen LogP contribution < -0.4 is 10.6 Å². The van der Waals surface area contributed by atoms with Crippen LogP contribution in [0.2, 0.25) is 5.02 Å². The predicted molar refractivity (Wildman–Crippen MR) is 138 cm³/mol. The van der Waals surface area contributed by atoms with Crippen LogP contribution in [-0.4, -0.2) is 39.2 Å². The Balaban J connectivity index is 1.81. The van der Waals surface area contributed by atoms with Gasteiger partial charge in [0, 0.05) is 28.2 Å². The zero-order valence-corrected chi connectivity index (χ0v) is 21.3. The molecule has 0 atom stereocenters. The molecule has 0 aliphatic rings. The van der Waals surface area contributed by atoms with Crippen molar-refractivity contribution in [3.8, 4) is 5.69 Å². The lowest BCUT2D eigenvalue weighted by Gasteiger charge is -2.26. The average molecular weight is 482 g/mol. The van der Waals surface area contributed by atoms with Crippen molar-refractivity contribution >= 4 is 35.0 Å². The Kier molecular flexibility index (Phi) is 7.67. The third-order valence-electron chi connectivity index (χ3n) is 5.30. The molecule has 2 aromatic carbocycles. The summed E-state index contributed by atoms with van der Waals surface area (Å²) < 4.78 is 1.73. The van der Waals surface area contributed by atoms with Gasteiger partial charge in [0.1, 0.15) is 12.4 Å². The molecule has 0 aliphatic heterocycles. The molecule has 7 nitrogen and oxygen atoms in total. The molecule has 180 valence electrons. The van der Waals surface area contributed by atoms with E-state index in [-0.39, 0.29) is 29.9 Å². The molecule has 3 amide bonds. The number of rotatable bonds is 6. The summed E-state index contributed by atoms with van der Waals surface area (Å²) in [5.41, 5.74) is 3.20. The molecule has 0 unspecified atom stereocenters. The molecule has 0 radical (unpaired) electrons. The summed E-state index contributed by atoms with van der Waals surface area (Å²) in [6, 6.07) is 16.1. The monoisotopic (exact) mass is 481 g/mol. The van der Waals surface area contributed by atoms with Crippen LogP contribution in [0.25, 0.3) is 5.69 Å². The minimum absolute atomic E-state index is 0.117. The van der Waals surface area contributed by atoms with Gasteiger partial charge < -0.3 is 15.5 Å². The molecule has 0 fully saturated rings. The number of nitrogens with zero attached hydrogens (tertiary/aromatic N) is 3. The molecule has 0 saturated carbocycles. The normalized spacial score (nSPS) is 11.4. The Morgan fingerprint density at radius 3 is 2.32 bits per heavy atom. The largest absolute Gasteiger partial charge is 0.322 e. The van der Waals surface area contributed by atoms with Crippen LogP contribution in [0.3, 0.4) is 0 Å². The molecular weight excluding hydrogens is 450 g/mol. The van der Waals surface area contributed by atoms with Crippen molar-refractivity contribution in [1.29, 1.82) is 0 Å². The zero-order valence-electron chi connectivity index (χ0n) is 20.5. The van der Waals surface area contributed by atoms with Crippen molar-refractivity contribution < 1.29 is 9.59 Å². The van der Waals surface area contributed by atoms with Gasteiger partial charge in [-0.05, 0) is 51.1 Å². The second-order valence-electron chi connectivity index (χ2n) is 9.62. The van der Waals surface area contributed by atoms with Gasteiger partial charge in [0.2, 0.25) is 5.91 Å². The van der Waals surface area contributed by atoms with Gasteiger partial charge in [0.25, 0.3) is 0 Å². The van der Waals surface area contributed by atoms with E-state index in [0.717, 1.165) is 16.9 Å². The molecular formula is C26H32ClN5O2. The van der Waals surface area contributed by atoms with Gasteiger partial charge >= 0.3 is 6.03 Å². The Bertz CT molecular complexity index is 1160. The molecule has 3 rings (SSSR count). The third kappa shape index (κ3) is 6.38. The predicted octanol–water partition coefficient (Wildman–Crippen LogP) is 6.01. The topological polar surface area (TPSA) is 79.3 Å². The number of halogens is 1. The highest BCUT2D eigenvalue weighted by molar-refractivity contribution is 6.30. The van der Waals surface area contributed by atoms with Gasteiger partial charge in [-0.1, -0.05) is 56.1 Å². The number of carbonyl (C=O) groups is 2. The minimum atomic E-state index is -0.380. The molecule has 0 saturated heterocycles. The summed E-state index contributed by atoms with van der Waals surface area (Å²) in [5, 5.41) is 11.0. The number of amides is 3. The number of benzene rings is 2. The standard InChI is InChI=1S/C26H32ClN5O2/c1-17(2)31(25(34)28-20-9-7-8-19(27)14-20)16-24(33)29-23-15-22(26(4,5)6)30-32(23)21-12-10-18(3)11-13-21/h7-15,17H,16H2,1-6H3,(H,28,34)(H,29,33). The highest BCUT2D eigenvalue weighted by Gasteiger charge is 2.24. The van der Waals surface area contributed by atoms with E-state index in [1.54, 1.807) is 28.9 Å². The molecule has 34 heavy (non-hydrogen) atoms. The van der Waals surface area contributed by atoms with E-state index in [1.807, 2.05) is 51.1 Å². The summed E-state index contributed by atoms with van der Waals surface area (Å²) in [7, 11) is 0. The van der Waals surface area contributed by atoms with Crippen LogP contribution in [0.4, 0.5) is 16.3 Å². The lowest BCUT2D eigenvalue weighted by Crippen LogP contribution is -2.44. The first-order valence-electron chi connectivity index (χ1n) is 11.2. The first kappa shape index (κ1) is 25.3. The van der Waals surface area contributed by atoms with Crippen molar-refractivity contribution in [2.75, 3.05) is 17.2 Å². The van der Waals surface area contributed by atoms with Crippen molar-refractivity contribution in [2.45, 2.75) is 53.0 Å². The molecule has 3 aromatic rings. The summed E-state index contributed by atoms with van der Waals surface area (Å²) >= 11 is 6.02. The van der Waals surface area contributed by atoms with Gasteiger partial charge in [-0.3, -0.25) is 4.79 Å². The van der Waals surface area contributed by atoms with Crippen molar-refractivity contribution in [3.05, 3.63) is 70.9 Å². The van der Waals surface area contributed by atoms with Gasteiger partial charge in [-0.2, -0.15) is 5.10 Å². The van der Waals surface area contributed by atoms with Gasteiger partial charge in [-0.15, -0.1) is 0 Å². The Morgan fingerprint density at radius 2 is 1.74 bits per heavy atom. The number of nitrogens with one attached hydrogen (secondary N) is 2. The third-order valence-corrected chi connectivity index (χ3v) is 5.53. The van der Waals surface area contributed by atoms with E-state index in [0.29, 0.717) is 16.5 Å². The van der Waals surface area contributed by atoms with E-state index in [2.05, 4.69) is 31.4 Å². The van der Waals surface area contributed by atoms with Crippen LogP contribution in [0.1, 0.15) is 45.9 Å². The van der Waals surface area contributed by atoms with Crippen LogP contribution in [-0.2, 0) is 10.2 Å². The first-order valence-corrected chi connectivity index (χ1v) is 11.6. The van der Waals surface area contributed by atoms with E-state index < -0.39 is 0 Å². The Morgan fingerprint density at radius 1 is 1.06 bits per heavy atom. The number of hydrogen-bond donors (Lipinski definition) is 2. The number of aryl methyl sites for hydroxylation is 1. The highest BCUT2D eigenvalue weighted by atomic mass is 35.5. The smallest absolute Gasteiger partial charge is 0.313 e. The summed E-state index contributed by atoms with van der Waals surface area (Å²) in [6.45, 7) is 11.8. The fraction of sp³-hybridized carbons (Fsp3) is 0.346. The van der Waals surface area contributed by atoms with Crippen LogP contribution >= 0.6 is 11.6 Å². The van der Waals surface area contributed by atoms with Gasteiger partial charge in [0.05, 0.1) is 11.4 Å². The maximum absolute atomic E-state index is 13.0. The second kappa shape index (κ2) is 10.3. The molecule has 2 N–H and O–H groups in total. The second-order valence-corrected chi connectivity index (χ2v) is 10.1. The molecule has 0 aliphatic carbocycles. The molecule has 8 heteroatoms. The number of hydrogen-bond acceptors (Lipinski definition) is 3. The number of carbonyl (C=O) groups excluding carboxylic acids is 2. The van der Waals surface area contributed by atoms with Crippen LogP contribution in [0.15, 0.2) is 54.6 Å². The average Bonchev–Trinajstić information content (AvgIpc) is 3.16. The van der Waals surface area contributed by atoms with E-state index >= 15 is 0 Å². The fourth-order valence-electron chi connectivity index (χ4n) is 3.31. The fourth-order valence-corrected chi connectivity index (χ4v) is 3.50. The quantitative estimate of drug-likeness (QED) is 0.452. The number of urea groups is 1. The number of anilines is 2. The van der Waals surface area contributed by atoms with Crippen molar-refractivity contribution in [2.24, 2.45) is 0 Å². The summed E-state index contributed by atoms with van der Waals surface area (Å²) in [5.74, 6) is 0.237. The maximum atomic E-state index is 13.0. The van der Waals surface area contributed by atoms with Gasteiger partial charge in [0.15, 0.2) is 0 Å². The van der Waals surface area contributed by atoms with Crippen molar-refractivity contribution in [1.82, 2.24) is 14.7 Å². The lowest BCUT2D eigenvalue weighted by molar-refractivity contribution is -0.117. The first-order chi connectivity index (χ1) is 15.9. The van der Waals surface area contributed by atoms with Gasteiger partial charge in [-0.25, -0.2) is 9.48 Å². The van der Waals surface area contributed by atoms with E-state index in [4.69, 9.17) is 16.7 Å². The van der Waals surface area contributed by atoms with E-state index in [9.17, 15) is 9.59 Å². The maximum Gasteiger partial charge on any atom is 0.322 e. The summed E-state index contributed by atoms with van der Waals surface area (Å²) in [4.78, 5) is 27.4. The van der Waals surface area contributed by atoms with Crippen molar-refractivity contribution in [3.63, 3.8) is 0 Å².